The van der Waals surface area contributed by atoms with Crippen molar-refractivity contribution in [1.29, 1.82) is 0 Å². The highest BCUT2D eigenvalue weighted by atomic mass is 16.4. The van der Waals surface area contributed by atoms with Gasteiger partial charge in [0.05, 0.1) is 12.0 Å². The lowest BCUT2D eigenvalue weighted by atomic mass is 9.94. The Kier molecular flexibility index (Phi) is 3.00. The molecular weight excluding hydrogens is 258 g/mol. The molecule has 1 aliphatic carbocycles. The largest absolute Gasteiger partial charge is 0.426 e. The zero-order valence-corrected chi connectivity index (χ0v) is 11.5. The lowest BCUT2D eigenvalue weighted by molar-refractivity contribution is -0.120. The summed E-state index contributed by atoms with van der Waals surface area (Å²) in [5, 5.41) is 2.27. The minimum atomic E-state index is -0.487. The molecule has 2 aliphatic rings. The third kappa shape index (κ3) is 2.53. The number of carbonyl (C=O) groups is 2. The van der Waals surface area contributed by atoms with Crippen molar-refractivity contribution in [3.05, 3.63) is 33.4 Å². The monoisotopic (exact) mass is 275 g/mol. The van der Waals surface area contributed by atoms with E-state index in [4.69, 9.17) is 4.42 Å². The molecule has 20 heavy (non-hydrogen) atoms. The van der Waals surface area contributed by atoms with E-state index in [1.54, 1.807) is 0 Å². The van der Waals surface area contributed by atoms with Gasteiger partial charge in [0.15, 0.2) is 0 Å². The Morgan fingerprint density at radius 1 is 1.30 bits per heavy atom. The average Bonchev–Trinajstić information content (AvgIpc) is 3.05. The van der Waals surface area contributed by atoms with Crippen molar-refractivity contribution in [3.8, 4) is 0 Å². The molecule has 2 heterocycles. The van der Waals surface area contributed by atoms with Crippen molar-refractivity contribution >= 4 is 11.8 Å². The predicted octanol–water partition coefficient (Wildman–Crippen LogP) is 1.58. The van der Waals surface area contributed by atoms with Gasteiger partial charge in [-0.2, -0.15) is 0 Å². The quantitative estimate of drug-likeness (QED) is 0.846. The summed E-state index contributed by atoms with van der Waals surface area (Å²) >= 11 is 0. The molecule has 106 valence electrons. The number of fused-ring (bicyclic) bond motifs is 1. The third-order valence-corrected chi connectivity index (χ3v) is 4.25. The van der Waals surface area contributed by atoms with Gasteiger partial charge in [0.1, 0.15) is 5.76 Å². The first kappa shape index (κ1) is 13.1. The van der Waals surface area contributed by atoms with E-state index in [0.29, 0.717) is 23.0 Å². The van der Waals surface area contributed by atoms with Crippen LogP contribution < -0.4 is 10.9 Å². The van der Waals surface area contributed by atoms with Crippen LogP contribution in [0, 0.1) is 5.41 Å². The number of hydrogen-bond acceptors (Lipinski definition) is 4. The summed E-state index contributed by atoms with van der Waals surface area (Å²) < 4.78 is 5.00. The predicted molar refractivity (Wildman–Crippen MR) is 71.4 cm³/mol. The number of carbonyl (C=O) groups excluding carboxylic acids is 2. The minimum Gasteiger partial charge on any atom is -0.426 e. The summed E-state index contributed by atoms with van der Waals surface area (Å²) in [5.74, 6) is -0.667. The van der Waals surface area contributed by atoms with Crippen LogP contribution in [0.2, 0.25) is 0 Å². The highest BCUT2D eigenvalue weighted by Crippen LogP contribution is 2.49. The molecule has 0 aromatic carbocycles. The lowest BCUT2D eigenvalue weighted by Crippen LogP contribution is -2.38. The van der Waals surface area contributed by atoms with E-state index in [1.807, 2.05) is 0 Å². The molecule has 0 bridgehead atoms. The smallest absolute Gasteiger partial charge is 0.336 e. The van der Waals surface area contributed by atoms with Gasteiger partial charge in [-0.25, -0.2) is 4.79 Å². The summed E-state index contributed by atoms with van der Waals surface area (Å²) in [7, 11) is 0. The van der Waals surface area contributed by atoms with E-state index in [9.17, 15) is 14.4 Å². The van der Waals surface area contributed by atoms with Crippen molar-refractivity contribution in [2.24, 2.45) is 5.41 Å². The zero-order valence-electron chi connectivity index (χ0n) is 11.5. The maximum Gasteiger partial charge on any atom is 0.336 e. The molecule has 1 saturated carbocycles. The van der Waals surface area contributed by atoms with Gasteiger partial charge in [-0.3, -0.25) is 14.9 Å². The van der Waals surface area contributed by atoms with Crippen LogP contribution in [0.1, 0.15) is 54.3 Å². The van der Waals surface area contributed by atoms with Crippen LogP contribution in [0.5, 0.6) is 0 Å². The van der Waals surface area contributed by atoms with Crippen molar-refractivity contribution < 1.29 is 14.0 Å². The second kappa shape index (κ2) is 4.58. The Hall–Kier alpha value is -1.91. The van der Waals surface area contributed by atoms with E-state index in [-0.39, 0.29) is 12.2 Å². The maximum absolute atomic E-state index is 11.9. The van der Waals surface area contributed by atoms with E-state index in [2.05, 4.69) is 12.2 Å². The molecule has 1 N–H and O–H groups in total. The molecule has 0 unspecified atom stereocenters. The SMILES string of the molecule is CC1(CCCc2cc(=O)oc3c2C(=O)NC(=O)C3)CC1. The van der Waals surface area contributed by atoms with Crippen LogP contribution in [0.15, 0.2) is 15.3 Å². The van der Waals surface area contributed by atoms with Gasteiger partial charge >= 0.3 is 5.63 Å². The molecule has 3 rings (SSSR count). The lowest BCUT2D eigenvalue weighted by Gasteiger charge is -2.17. The second-order valence-electron chi connectivity index (χ2n) is 6.11. The van der Waals surface area contributed by atoms with Crippen molar-refractivity contribution in [3.63, 3.8) is 0 Å². The van der Waals surface area contributed by atoms with Crippen molar-refractivity contribution in [2.75, 3.05) is 0 Å². The van der Waals surface area contributed by atoms with Crippen molar-refractivity contribution in [1.82, 2.24) is 5.32 Å². The van der Waals surface area contributed by atoms with Crippen LogP contribution in [-0.2, 0) is 17.6 Å². The number of hydrogen-bond donors (Lipinski definition) is 1. The fourth-order valence-electron chi connectivity index (χ4n) is 2.74. The molecule has 1 fully saturated rings. The molecule has 1 aromatic rings. The Morgan fingerprint density at radius 3 is 2.75 bits per heavy atom. The summed E-state index contributed by atoms with van der Waals surface area (Å²) in [4.78, 5) is 34.8. The topological polar surface area (TPSA) is 76.4 Å². The average molecular weight is 275 g/mol. The van der Waals surface area contributed by atoms with Gasteiger partial charge in [0, 0.05) is 6.07 Å². The van der Waals surface area contributed by atoms with E-state index >= 15 is 0 Å². The molecule has 5 heteroatoms. The first-order chi connectivity index (χ1) is 9.47. The molecule has 1 aliphatic heterocycles. The Balaban J connectivity index is 1.84. The molecule has 2 amide bonds. The van der Waals surface area contributed by atoms with Gasteiger partial charge < -0.3 is 4.42 Å². The van der Waals surface area contributed by atoms with Gasteiger partial charge in [0.2, 0.25) is 5.91 Å². The summed E-state index contributed by atoms with van der Waals surface area (Å²) in [6, 6.07) is 1.38. The van der Waals surface area contributed by atoms with Crippen LogP contribution in [0.4, 0.5) is 0 Å². The number of amides is 2. The fourth-order valence-corrected chi connectivity index (χ4v) is 2.74. The number of nitrogens with one attached hydrogen (secondary N) is 1. The van der Waals surface area contributed by atoms with Crippen molar-refractivity contribution in [2.45, 2.75) is 45.4 Å². The highest BCUT2D eigenvalue weighted by molar-refractivity contribution is 6.09. The normalized spacial score (nSPS) is 19.4. The van der Waals surface area contributed by atoms with Crippen LogP contribution >= 0.6 is 0 Å². The van der Waals surface area contributed by atoms with Gasteiger partial charge in [-0.15, -0.1) is 0 Å². The second-order valence-corrected chi connectivity index (χ2v) is 6.11. The number of rotatable bonds is 4. The molecule has 1 aromatic heterocycles. The van der Waals surface area contributed by atoms with E-state index < -0.39 is 17.4 Å². The third-order valence-electron chi connectivity index (χ3n) is 4.25. The molecule has 0 spiro atoms. The van der Waals surface area contributed by atoms with Crippen LogP contribution in [-0.4, -0.2) is 11.8 Å². The molecule has 5 nitrogen and oxygen atoms in total. The highest BCUT2D eigenvalue weighted by Gasteiger charge is 2.36. The minimum absolute atomic E-state index is 0.0398. The van der Waals surface area contributed by atoms with Crippen LogP contribution in [0.25, 0.3) is 0 Å². The Bertz CT molecular complexity index is 640. The van der Waals surface area contributed by atoms with E-state index in [0.717, 1.165) is 12.8 Å². The first-order valence-electron chi connectivity index (χ1n) is 6.97. The Labute approximate surface area is 116 Å². The zero-order chi connectivity index (χ0) is 14.3. The molecular formula is C15H17NO4. The van der Waals surface area contributed by atoms with Gasteiger partial charge in [0.25, 0.3) is 5.91 Å². The summed E-state index contributed by atoms with van der Waals surface area (Å²) in [6.45, 7) is 2.26. The molecule has 0 saturated heterocycles. The Morgan fingerprint density at radius 2 is 2.05 bits per heavy atom. The molecule has 0 radical (unpaired) electrons. The summed E-state index contributed by atoms with van der Waals surface area (Å²) in [5.41, 5.74) is 1.05. The van der Waals surface area contributed by atoms with E-state index in [1.165, 1.54) is 18.9 Å². The van der Waals surface area contributed by atoms with Gasteiger partial charge in [-0.05, 0) is 43.1 Å². The first-order valence-corrected chi connectivity index (χ1v) is 6.97. The molecule has 0 atom stereocenters. The standard InChI is InChI=1S/C15H17NO4/c1-15(5-6-15)4-2-3-9-7-12(18)20-10-8-11(17)16-14(19)13(9)10/h7H,2-6,8H2,1H3,(H,16,17,19). The number of imide groups is 1. The van der Waals surface area contributed by atoms with Crippen LogP contribution in [0.3, 0.4) is 0 Å². The fraction of sp³-hybridized carbons (Fsp3) is 0.533. The number of aryl methyl sites for hydroxylation is 1. The maximum atomic E-state index is 11.9. The summed E-state index contributed by atoms with van der Waals surface area (Å²) in [6.07, 6.45) is 5.19. The van der Waals surface area contributed by atoms with Gasteiger partial charge in [-0.1, -0.05) is 6.92 Å².